The van der Waals surface area contributed by atoms with E-state index in [1.54, 1.807) is 16.8 Å². The van der Waals surface area contributed by atoms with Crippen LogP contribution in [0.15, 0.2) is 53.5 Å². The number of rotatable bonds is 1. The first-order valence-corrected chi connectivity index (χ1v) is 6.51. The number of pyridine rings is 1. The minimum Gasteiger partial charge on any atom is -0.367 e. The average Bonchev–Trinajstić information content (AvgIpc) is 2.94. The Morgan fingerprint density at radius 2 is 2.00 bits per heavy atom. The van der Waals surface area contributed by atoms with E-state index in [9.17, 15) is 4.79 Å². The number of hydrogen-bond acceptors (Lipinski definition) is 4. The van der Waals surface area contributed by atoms with Crippen LogP contribution in [0.4, 0.5) is 5.82 Å². The maximum atomic E-state index is 12.3. The molecule has 0 saturated heterocycles. The van der Waals surface area contributed by atoms with E-state index in [4.69, 9.17) is 0 Å². The Morgan fingerprint density at radius 1 is 1.15 bits per heavy atom. The van der Waals surface area contributed by atoms with Crippen molar-refractivity contribution >= 4 is 16.9 Å². The summed E-state index contributed by atoms with van der Waals surface area (Å²) in [5.41, 5.74) is 2.23. The van der Waals surface area contributed by atoms with Crippen LogP contribution < -0.4 is 11.0 Å². The van der Waals surface area contributed by atoms with Gasteiger partial charge in [-0.1, -0.05) is 30.3 Å². The fourth-order valence-electron chi connectivity index (χ4n) is 2.72. The van der Waals surface area contributed by atoms with Crippen molar-refractivity contribution in [2.24, 2.45) is 0 Å². The van der Waals surface area contributed by atoms with Crippen LogP contribution in [0.5, 0.6) is 0 Å². The molecule has 0 fully saturated rings. The van der Waals surface area contributed by atoms with E-state index in [1.807, 2.05) is 36.4 Å². The van der Waals surface area contributed by atoms with Gasteiger partial charge in [0.2, 0.25) is 0 Å². The second kappa shape index (κ2) is 4.16. The molecule has 1 unspecified atom stereocenters. The van der Waals surface area contributed by atoms with Gasteiger partial charge in [-0.05, 0) is 17.7 Å². The Labute approximate surface area is 114 Å². The van der Waals surface area contributed by atoms with Crippen molar-refractivity contribution in [3.63, 3.8) is 0 Å². The highest BCUT2D eigenvalue weighted by atomic mass is 16.1. The SMILES string of the molecule is O=c1nc2cccnc2c2n1C(c1ccccc1)CN2. The maximum absolute atomic E-state index is 12.3. The number of fused-ring (bicyclic) bond motifs is 3. The van der Waals surface area contributed by atoms with Crippen LogP contribution in [-0.4, -0.2) is 21.1 Å². The van der Waals surface area contributed by atoms with Crippen molar-refractivity contribution in [2.75, 3.05) is 11.9 Å². The maximum Gasteiger partial charge on any atom is 0.350 e. The molecule has 1 aliphatic rings. The molecule has 0 amide bonds. The van der Waals surface area contributed by atoms with Crippen LogP contribution in [0.25, 0.3) is 11.0 Å². The zero-order valence-corrected chi connectivity index (χ0v) is 10.7. The Bertz CT molecular complexity index is 841. The number of nitrogens with zero attached hydrogens (tertiary/aromatic N) is 3. The highest BCUT2D eigenvalue weighted by Crippen LogP contribution is 2.30. The van der Waals surface area contributed by atoms with Gasteiger partial charge >= 0.3 is 5.69 Å². The fraction of sp³-hybridized carbons (Fsp3) is 0.133. The fourth-order valence-corrected chi connectivity index (χ4v) is 2.72. The van der Waals surface area contributed by atoms with Crippen LogP contribution in [0.1, 0.15) is 11.6 Å². The first-order chi connectivity index (χ1) is 9.84. The molecule has 98 valence electrons. The van der Waals surface area contributed by atoms with Gasteiger partial charge < -0.3 is 5.32 Å². The number of anilines is 1. The second-order valence-electron chi connectivity index (χ2n) is 4.79. The molecule has 0 bridgehead atoms. The van der Waals surface area contributed by atoms with Crippen molar-refractivity contribution in [1.29, 1.82) is 0 Å². The predicted molar refractivity (Wildman–Crippen MR) is 76.9 cm³/mol. The zero-order chi connectivity index (χ0) is 13.5. The largest absolute Gasteiger partial charge is 0.367 e. The quantitative estimate of drug-likeness (QED) is 0.728. The first-order valence-electron chi connectivity index (χ1n) is 6.51. The molecular formula is C15H12N4O. The Balaban J connectivity index is 1.99. The van der Waals surface area contributed by atoms with Crippen molar-refractivity contribution in [2.45, 2.75) is 6.04 Å². The summed E-state index contributed by atoms with van der Waals surface area (Å²) in [6, 6.07) is 13.5. The molecule has 0 radical (unpaired) electrons. The molecule has 2 aromatic heterocycles. The van der Waals surface area contributed by atoms with Crippen molar-refractivity contribution < 1.29 is 0 Å². The molecule has 1 N–H and O–H groups in total. The van der Waals surface area contributed by atoms with Gasteiger partial charge in [0.25, 0.3) is 0 Å². The monoisotopic (exact) mass is 264 g/mol. The van der Waals surface area contributed by atoms with E-state index >= 15 is 0 Å². The third kappa shape index (κ3) is 1.53. The third-order valence-electron chi connectivity index (χ3n) is 3.63. The summed E-state index contributed by atoms with van der Waals surface area (Å²) in [4.78, 5) is 20.8. The molecular weight excluding hydrogens is 252 g/mol. The minimum absolute atomic E-state index is 0.0300. The molecule has 20 heavy (non-hydrogen) atoms. The summed E-state index contributed by atoms with van der Waals surface area (Å²) in [6.45, 7) is 0.677. The Morgan fingerprint density at radius 3 is 2.85 bits per heavy atom. The molecule has 5 heteroatoms. The summed E-state index contributed by atoms with van der Waals surface area (Å²) >= 11 is 0. The molecule has 0 spiro atoms. The summed E-state index contributed by atoms with van der Waals surface area (Å²) in [5.74, 6) is 0.759. The number of aromatic nitrogens is 3. The summed E-state index contributed by atoms with van der Waals surface area (Å²) in [5, 5.41) is 3.29. The molecule has 1 atom stereocenters. The van der Waals surface area contributed by atoms with E-state index in [1.165, 1.54) is 0 Å². The molecule has 5 nitrogen and oxygen atoms in total. The molecule has 3 aromatic rings. The van der Waals surface area contributed by atoms with E-state index in [0.29, 0.717) is 12.1 Å². The van der Waals surface area contributed by atoms with Crippen LogP contribution >= 0.6 is 0 Å². The van der Waals surface area contributed by atoms with Crippen LogP contribution in [0, 0.1) is 0 Å². The summed E-state index contributed by atoms with van der Waals surface area (Å²) < 4.78 is 1.70. The Kier molecular flexibility index (Phi) is 2.32. The Hall–Kier alpha value is -2.69. The van der Waals surface area contributed by atoms with E-state index < -0.39 is 0 Å². The molecule has 1 aliphatic heterocycles. The lowest BCUT2D eigenvalue weighted by atomic mass is 10.1. The smallest absolute Gasteiger partial charge is 0.350 e. The van der Waals surface area contributed by atoms with Crippen LogP contribution in [-0.2, 0) is 0 Å². The van der Waals surface area contributed by atoms with Gasteiger partial charge in [-0.25, -0.2) is 4.79 Å². The lowest BCUT2D eigenvalue weighted by Gasteiger charge is -2.12. The molecule has 0 saturated carbocycles. The molecule has 3 heterocycles. The van der Waals surface area contributed by atoms with E-state index in [0.717, 1.165) is 16.9 Å². The van der Waals surface area contributed by atoms with Crippen LogP contribution in [0.2, 0.25) is 0 Å². The lowest BCUT2D eigenvalue weighted by Crippen LogP contribution is -2.25. The van der Waals surface area contributed by atoms with Crippen molar-refractivity contribution in [1.82, 2.24) is 14.5 Å². The highest BCUT2D eigenvalue weighted by molar-refractivity contribution is 5.85. The van der Waals surface area contributed by atoms with Gasteiger partial charge in [0, 0.05) is 12.7 Å². The van der Waals surface area contributed by atoms with Gasteiger partial charge in [0.15, 0.2) is 0 Å². The predicted octanol–water partition coefficient (Wildman–Crippen LogP) is 1.81. The first kappa shape index (κ1) is 11.2. The van der Waals surface area contributed by atoms with Gasteiger partial charge in [-0.3, -0.25) is 9.55 Å². The normalized spacial score (nSPS) is 16.9. The van der Waals surface area contributed by atoms with Gasteiger partial charge in [-0.15, -0.1) is 0 Å². The standard InChI is InChI=1S/C15H12N4O/c20-15-18-11-7-4-8-16-13(11)14-17-9-12(19(14)15)10-5-2-1-3-6-10/h1-8,12,17H,9H2. The molecule has 0 aliphatic carbocycles. The van der Waals surface area contributed by atoms with Crippen LogP contribution in [0.3, 0.4) is 0 Å². The third-order valence-corrected chi connectivity index (χ3v) is 3.63. The highest BCUT2D eigenvalue weighted by Gasteiger charge is 2.27. The van der Waals surface area contributed by atoms with E-state index in [2.05, 4.69) is 15.3 Å². The number of benzene rings is 1. The second-order valence-corrected chi connectivity index (χ2v) is 4.79. The molecule has 4 rings (SSSR count). The van der Waals surface area contributed by atoms with Gasteiger partial charge in [-0.2, -0.15) is 4.98 Å². The minimum atomic E-state index is -0.237. The zero-order valence-electron chi connectivity index (χ0n) is 10.7. The molecule has 1 aromatic carbocycles. The average molecular weight is 264 g/mol. The van der Waals surface area contributed by atoms with Crippen molar-refractivity contribution in [3.05, 3.63) is 64.7 Å². The topological polar surface area (TPSA) is 59.8 Å². The lowest BCUT2D eigenvalue weighted by molar-refractivity contribution is 0.636. The number of hydrogen-bond donors (Lipinski definition) is 1. The van der Waals surface area contributed by atoms with Gasteiger partial charge in [0.05, 0.1) is 11.6 Å². The summed E-state index contributed by atoms with van der Waals surface area (Å²) in [7, 11) is 0. The van der Waals surface area contributed by atoms with E-state index in [-0.39, 0.29) is 11.7 Å². The summed E-state index contributed by atoms with van der Waals surface area (Å²) in [6.07, 6.45) is 1.72. The van der Waals surface area contributed by atoms with Gasteiger partial charge in [0.1, 0.15) is 11.3 Å². The van der Waals surface area contributed by atoms with Crippen molar-refractivity contribution in [3.8, 4) is 0 Å². The number of nitrogens with one attached hydrogen (secondary N) is 1.